The molecular formula is C14H24ClN3O2. The number of nitrogens with zero attached hydrogens (tertiary/aromatic N) is 2. The zero-order valence-electron chi connectivity index (χ0n) is 12.5. The zero-order valence-corrected chi connectivity index (χ0v) is 13.2. The van der Waals surface area contributed by atoms with Crippen LogP contribution in [0.3, 0.4) is 0 Å². The van der Waals surface area contributed by atoms with Crippen molar-refractivity contribution >= 4 is 17.4 Å². The number of aryl methyl sites for hydroxylation is 2. The molecule has 20 heavy (non-hydrogen) atoms. The number of Topliss-reactive ketones (excluding diaryl/α,β-unsaturated/α-hetero) is 1. The third-order valence-electron chi connectivity index (χ3n) is 3.31. The van der Waals surface area contributed by atoms with Gasteiger partial charge in [0.1, 0.15) is 0 Å². The highest BCUT2D eigenvalue weighted by molar-refractivity contribution is 6.32. The molecule has 0 aromatic carbocycles. The van der Waals surface area contributed by atoms with Crippen LogP contribution in [0, 0.1) is 0 Å². The van der Waals surface area contributed by atoms with Gasteiger partial charge in [0.05, 0.1) is 28.9 Å². The van der Waals surface area contributed by atoms with Crippen LogP contribution in [0.25, 0.3) is 0 Å². The van der Waals surface area contributed by atoms with Crippen molar-refractivity contribution < 1.29 is 9.53 Å². The summed E-state index contributed by atoms with van der Waals surface area (Å²) in [6.45, 7) is 5.29. The van der Waals surface area contributed by atoms with Gasteiger partial charge >= 0.3 is 0 Å². The first-order valence-corrected chi connectivity index (χ1v) is 7.44. The Morgan fingerprint density at radius 3 is 2.75 bits per heavy atom. The van der Waals surface area contributed by atoms with Crippen LogP contribution in [0.2, 0.25) is 5.02 Å². The van der Waals surface area contributed by atoms with Crippen LogP contribution in [0.4, 0.5) is 0 Å². The number of rotatable bonds is 9. The molecule has 1 aromatic heterocycles. The van der Waals surface area contributed by atoms with Crippen LogP contribution >= 0.6 is 11.6 Å². The number of hydrogen-bond acceptors (Lipinski definition) is 4. The average molecular weight is 302 g/mol. The van der Waals surface area contributed by atoms with Crippen molar-refractivity contribution in [3.8, 4) is 0 Å². The van der Waals surface area contributed by atoms with Gasteiger partial charge in [-0.15, -0.1) is 0 Å². The molecule has 0 radical (unpaired) electrons. The van der Waals surface area contributed by atoms with E-state index in [-0.39, 0.29) is 12.2 Å². The van der Waals surface area contributed by atoms with E-state index in [1.54, 1.807) is 11.8 Å². The second-order valence-electron chi connectivity index (χ2n) is 4.76. The monoisotopic (exact) mass is 301 g/mol. The molecule has 1 aromatic rings. The maximum absolute atomic E-state index is 12.2. The minimum atomic E-state index is -0.466. The second kappa shape index (κ2) is 8.39. The van der Waals surface area contributed by atoms with Crippen molar-refractivity contribution in [1.82, 2.24) is 9.78 Å². The SMILES string of the molecule is CCc1nn(CC)c(CC(=O)C(N)CCCOC)c1Cl. The van der Waals surface area contributed by atoms with E-state index in [0.29, 0.717) is 24.6 Å². The molecule has 0 aliphatic carbocycles. The first kappa shape index (κ1) is 17.1. The second-order valence-corrected chi connectivity index (χ2v) is 5.14. The van der Waals surface area contributed by atoms with Crippen molar-refractivity contribution in [1.29, 1.82) is 0 Å². The van der Waals surface area contributed by atoms with E-state index < -0.39 is 6.04 Å². The Morgan fingerprint density at radius 1 is 1.50 bits per heavy atom. The summed E-state index contributed by atoms with van der Waals surface area (Å²) >= 11 is 6.29. The molecule has 1 unspecified atom stereocenters. The number of methoxy groups -OCH3 is 1. The quantitative estimate of drug-likeness (QED) is 0.708. The Bertz CT molecular complexity index is 446. The molecule has 1 atom stereocenters. The zero-order chi connectivity index (χ0) is 15.1. The van der Waals surface area contributed by atoms with Crippen LogP contribution in [-0.2, 0) is 28.9 Å². The summed E-state index contributed by atoms with van der Waals surface area (Å²) in [5, 5.41) is 5.01. The molecule has 0 aliphatic rings. The van der Waals surface area contributed by atoms with Crippen LogP contribution in [0.1, 0.15) is 38.1 Å². The Kier molecular flexibility index (Phi) is 7.19. The molecule has 0 saturated carbocycles. The molecule has 5 nitrogen and oxygen atoms in total. The fraction of sp³-hybridized carbons (Fsp3) is 0.714. The first-order chi connectivity index (χ1) is 9.54. The smallest absolute Gasteiger partial charge is 0.155 e. The largest absolute Gasteiger partial charge is 0.385 e. The predicted molar refractivity (Wildman–Crippen MR) is 80.1 cm³/mol. The van der Waals surface area contributed by atoms with Gasteiger partial charge in [-0.2, -0.15) is 5.10 Å². The Labute approximate surface area is 125 Å². The molecule has 0 fully saturated rings. The lowest BCUT2D eigenvalue weighted by atomic mass is 10.0. The van der Waals surface area contributed by atoms with Crippen molar-refractivity contribution in [2.75, 3.05) is 13.7 Å². The maximum atomic E-state index is 12.2. The number of carbonyl (C=O) groups excluding carboxylic acids is 1. The van der Waals surface area contributed by atoms with Crippen LogP contribution in [0.5, 0.6) is 0 Å². The standard InChI is InChI=1S/C14H24ClN3O2/c1-4-11-14(15)12(18(5-2)17-11)9-13(19)10(16)7-6-8-20-3/h10H,4-9,16H2,1-3H3. The van der Waals surface area contributed by atoms with E-state index in [1.807, 2.05) is 13.8 Å². The van der Waals surface area contributed by atoms with E-state index in [2.05, 4.69) is 5.10 Å². The molecule has 1 heterocycles. The Balaban J connectivity index is 2.72. The normalized spacial score (nSPS) is 12.7. The summed E-state index contributed by atoms with van der Waals surface area (Å²) in [5.41, 5.74) is 7.52. The van der Waals surface area contributed by atoms with Gasteiger partial charge in [-0.25, -0.2) is 0 Å². The van der Waals surface area contributed by atoms with Crippen LogP contribution in [-0.4, -0.2) is 35.3 Å². The number of aromatic nitrogens is 2. The summed E-state index contributed by atoms with van der Waals surface area (Å²) in [4.78, 5) is 12.2. The Morgan fingerprint density at radius 2 is 2.20 bits per heavy atom. The fourth-order valence-corrected chi connectivity index (χ4v) is 2.43. The highest BCUT2D eigenvalue weighted by atomic mass is 35.5. The lowest BCUT2D eigenvalue weighted by molar-refractivity contribution is -0.119. The van der Waals surface area contributed by atoms with Crippen LogP contribution < -0.4 is 5.73 Å². The summed E-state index contributed by atoms with van der Waals surface area (Å²) < 4.78 is 6.75. The maximum Gasteiger partial charge on any atom is 0.155 e. The molecule has 0 aliphatic heterocycles. The van der Waals surface area contributed by atoms with Crippen molar-refractivity contribution in [3.63, 3.8) is 0 Å². The molecule has 114 valence electrons. The molecular weight excluding hydrogens is 278 g/mol. The van der Waals surface area contributed by atoms with Crippen molar-refractivity contribution in [2.45, 2.75) is 52.1 Å². The minimum Gasteiger partial charge on any atom is -0.385 e. The van der Waals surface area contributed by atoms with E-state index in [1.165, 1.54) is 0 Å². The number of nitrogens with two attached hydrogens (primary N) is 1. The van der Waals surface area contributed by atoms with Gasteiger partial charge in [0.25, 0.3) is 0 Å². The lowest BCUT2D eigenvalue weighted by Gasteiger charge is -2.11. The van der Waals surface area contributed by atoms with Gasteiger partial charge in [0, 0.05) is 20.3 Å². The highest BCUT2D eigenvalue weighted by Gasteiger charge is 2.20. The lowest BCUT2D eigenvalue weighted by Crippen LogP contribution is -2.32. The number of carbonyl (C=O) groups is 1. The van der Waals surface area contributed by atoms with Crippen molar-refractivity contribution in [3.05, 3.63) is 16.4 Å². The predicted octanol–water partition coefficient (Wildman–Crippen LogP) is 1.98. The van der Waals surface area contributed by atoms with E-state index in [9.17, 15) is 4.79 Å². The summed E-state index contributed by atoms with van der Waals surface area (Å²) in [6, 6.07) is -0.466. The van der Waals surface area contributed by atoms with E-state index in [0.717, 1.165) is 24.2 Å². The molecule has 0 spiro atoms. The molecule has 6 heteroatoms. The van der Waals surface area contributed by atoms with Gasteiger partial charge < -0.3 is 10.5 Å². The fourth-order valence-electron chi connectivity index (χ4n) is 2.09. The summed E-state index contributed by atoms with van der Waals surface area (Å²) in [5.74, 6) is 0.000237. The van der Waals surface area contributed by atoms with Gasteiger partial charge in [0.15, 0.2) is 5.78 Å². The van der Waals surface area contributed by atoms with Crippen LogP contribution in [0.15, 0.2) is 0 Å². The first-order valence-electron chi connectivity index (χ1n) is 7.06. The van der Waals surface area contributed by atoms with E-state index in [4.69, 9.17) is 22.1 Å². The third kappa shape index (κ3) is 4.30. The number of ether oxygens (including phenoxy) is 1. The third-order valence-corrected chi connectivity index (χ3v) is 3.75. The molecule has 2 N–H and O–H groups in total. The number of halogens is 1. The van der Waals surface area contributed by atoms with Gasteiger partial charge in [0.2, 0.25) is 0 Å². The highest BCUT2D eigenvalue weighted by Crippen LogP contribution is 2.22. The molecule has 1 rings (SSSR count). The summed E-state index contributed by atoms with van der Waals surface area (Å²) in [6.07, 6.45) is 2.41. The number of hydrogen-bond donors (Lipinski definition) is 1. The molecule has 0 saturated heterocycles. The van der Waals surface area contributed by atoms with Gasteiger partial charge in [-0.05, 0) is 26.2 Å². The van der Waals surface area contributed by atoms with Gasteiger partial charge in [-0.3, -0.25) is 9.48 Å². The summed E-state index contributed by atoms with van der Waals surface area (Å²) in [7, 11) is 1.64. The van der Waals surface area contributed by atoms with E-state index >= 15 is 0 Å². The van der Waals surface area contributed by atoms with Gasteiger partial charge in [-0.1, -0.05) is 18.5 Å². The number of ketones is 1. The molecule has 0 bridgehead atoms. The minimum absolute atomic E-state index is 0.000237. The van der Waals surface area contributed by atoms with Crippen molar-refractivity contribution in [2.24, 2.45) is 5.73 Å². The Hall–Kier alpha value is -0.910. The molecule has 0 amide bonds. The topological polar surface area (TPSA) is 70.1 Å². The average Bonchev–Trinajstić information content (AvgIpc) is 2.75.